The van der Waals surface area contributed by atoms with E-state index in [0.29, 0.717) is 5.41 Å². The van der Waals surface area contributed by atoms with Crippen LogP contribution in [0.15, 0.2) is 0 Å². The van der Waals surface area contributed by atoms with Crippen LogP contribution in [0.5, 0.6) is 0 Å². The van der Waals surface area contributed by atoms with Gasteiger partial charge in [-0.1, -0.05) is 20.8 Å². The Kier molecular flexibility index (Phi) is 5.07. The number of hydrogen-bond acceptors (Lipinski definition) is 2. The van der Waals surface area contributed by atoms with Crippen LogP contribution in [-0.4, -0.2) is 26.8 Å². The van der Waals surface area contributed by atoms with E-state index in [0.717, 1.165) is 31.6 Å². The molecule has 1 aliphatic heterocycles. The molecule has 2 heteroatoms. The molecule has 1 fully saturated rings. The van der Waals surface area contributed by atoms with Crippen LogP contribution >= 0.6 is 0 Å². The second-order valence-corrected chi connectivity index (χ2v) is 5.60. The maximum atomic E-state index is 5.42. The van der Waals surface area contributed by atoms with Gasteiger partial charge in [-0.05, 0) is 43.6 Å². The molecular formula is C13H27NO. The Morgan fingerprint density at radius 3 is 2.40 bits per heavy atom. The lowest BCUT2D eigenvalue weighted by Gasteiger charge is -2.38. The summed E-state index contributed by atoms with van der Waals surface area (Å²) in [5.41, 5.74) is 0.441. The Morgan fingerprint density at radius 2 is 1.93 bits per heavy atom. The summed E-state index contributed by atoms with van der Waals surface area (Å²) >= 11 is 0. The van der Waals surface area contributed by atoms with Gasteiger partial charge in [0, 0.05) is 19.8 Å². The highest BCUT2D eigenvalue weighted by Gasteiger charge is 2.31. The SMILES string of the molecule is CNCC(C)(CC1CCOCC1)C(C)C. The van der Waals surface area contributed by atoms with E-state index in [4.69, 9.17) is 4.74 Å². The fourth-order valence-corrected chi connectivity index (χ4v) is 2.53. The topological polar surface area (TPSA) is 21.3 Å². The Balaban J connectivity index is 2.48. The van der Waals surface area contributed by atoms with Crippen LogP contribution in [0.4, 0.5) is 0 Å². The lowest BCUT2D eigenvalue weighted by atomic mass is 9.71. The van der Waals surface area contributed by atoms with Crippen molar-refractivity contribution in [3.8, 4) is 0 Å². The summed E-state index contributed by atoms with van der Waals surface area (Å²) in [4.78, 5) is 0. The van der Waals surface area contributed by atoms with Gasteiger partial charge < -0.3 is 10.1 Å². The molecule has 1 aliphatic rings. The number of rotatable bonds is 5. The third-order valence-corrected chi connectivity index (χ3v) is 4.07. The van der Waals surface area contributed by atoms with E-state index in [-0.39, 0.29) is 0 Å². The lowest BCUT2D eigenvalue weighted by molar-refractivity contribution is 0.0406. The van der Waals surface area contributed by atoms with Gasteiger partial charge in [0.2, 0.25) is 0 Å². The fraction of sp³-hybridized carbons (Fsp3) is 1.00. The van der Waals surface area contributed by atoms with Gasteiger partial charge in [0.15, 0.2) is 0 Å². The smallest absolute Gasteiger partial charge is 0.0468 e. The first kappa shape index (κ1) is 13.0. The van der Waals surface area contributed by atoms with Gasteiger partial charge in [-0.15, -0.1) is 0 Å². The molecule has 0 bridgehead atoms. The van der Waals surface area contributed by atoms with Crippen LogP contribution in [0.25, 0.3) is 0 Å². The summed E-state index contributed by atoms with van der Waals surface area (Å²) in [6.45, 7) is 10.2. The minimum Gasteiger partial charge on any atom is -0.381 e. The van der Waals surface area contributed by atoms with Crippen LogP contribution in [0.2, 0.25) is 0 Å². The summed E-state index contributed by atoms with van der Waals surface area (Å²) in [7, 11) is 2.06. The first-order chi connectivity index (χ1) is 7.08. The third kappa shape index (κ3) is 3.76. The van der Waals surface area contributed by atoms with Gasteiger partial charge in [-0.2, -0.15) is 0 Å². The number of ether oxygens (including phenoxy) is 1. The van der Waals surface area contributed by atoms with E-state index in [1.807, 2.05) is 0 Å². The van der Waals surface area contributed by atoms with Crippen molar-refractivity contribution in [2.45, 2.75) is 40.0 Å². The Bertz CT molecular complexity index is 175. The molecule has 90 valence electrons. The Morgan fingerprint density at radius 1 is 1.33 bits per heavy atom. The minimum absolute atomic E-state index is 0.441. The van der Waals surface area contributed by atoms with E-state index in [2.05, 4.69) is 33.1 Å². The maximum Gasteiger partial charge on any atom is 0.0468 e. The van der Waals surface area contributed by atoms with Crippen molar-refractivity contribution in [1.29, 1.82) is 0 Å². The van der Waals surface area contributed by atoms with Crippen LogP contribution in [0.1, 0.15) is 40.0 Å². The van der Waals surface area contributed by atoms with E-state index in [9.17, 15) is 0 Å². The molecule has 1 atom stereocenters. The first-order valence-corrected chi connectivity index (χ1v) is 6.31. The average molecular weight is 213 g/mol. The average Bonchev–Trinajstić information content (AvgIpc) is 2.19. The molecule has 2 nitrogen and oxygen atoms in total. The normalized spacial score (nSPS) is 23.0. The second-order valence-electron chi connectivity index (χ2n) is 5.60. The molecular weight excluding hydrogens is 186 g/mol. The molecule has 0 spiro atoms. The van der Waals surface area contributed by atoms with Crippen molar-refractivity contribution in [1.82, 2.24) is 5.32 Å². The lowest BCUT2D eigenvalue weighted by Crippen LogP contribution is -2.37. The van der Waals surface area contributed by atoms with Crippen LogP contribution in [0, 0.1) is 17.3 Å². The van der Waals surface area contributed by atoms with Crippen molar-refractivity contribution in [2.24, 2.45) is 17.3 Å². The molecule has 1 N–H and O–H groups in total. The van der Waals surface area contributed by atoms with Gasteiger partial charge in [0.1, 0.15) is 0 Å². The predicted molar refractivity (Wildman–Crippen MR) is 65.0 cm³/mol. The zero-order valence-corrected chi connectivity index (χ0v) is 10.8. The molecule has 0 aromatic carbocycles. The first-order valence-electron chi connectivity index (χ1n) is 6.31. The summed E-state index contributed by atoms with van der Waals surface area (Å²) < 4.78 is 5.42. The molecule has 0 saturated carbocycles. The highest BCUT2D eigenvalue weighted by atomic mass is 16.5. The molecule has 0 amide bonds. The standard InChI is InChI=1S/C13H27NO/c1-11(2)13(3,10-14-4)9-12-5-7-15-8-6-12/h11-12,14H,5-10H2,1-4H3. The van der Waals surface area contributed by atoms with Crippen LogP contribution < -0.4 is 5.32 Å². The fourth-order valence-electron chi connectivity index (χ4n) is 2.53. The van der Waals surface area contributed by atoms with E-state index in [1.165, 1.54) is 19.3 Å². The van der Waals surface area contributed by atoms with Crippen LogP contribution in [-0.2, 0) is 4.74 Å². The second kappa shape index (κ2) is 5.86. The summed E-state index contributed by atoms with van der Waals surface area (Å²) in [6, 6.07) is 0. The van der Waals surface area contributed by atoms with Gasteiger partial charge in [0.25, 0.3) is 0 Å². The zero-order valence-electron chi connectivity index (χ0n) is 10.8. The molecule has 0 aromatic heterocycles. The molecule has 1 rings (SSSR count). The molecule has 0 radical (unpaired) electrons. The van der Waals surface area contributed by atoms with E-state index < -0.39 is 0 Å². The van der Waals surface area contributed by atoms with Crippen molar-refractivity contribution < 1.29 is 4.74 Å². The molecule has 1 saturated heterocycles. The number of hydrogen-bond donors (Lipinski definition) is 1. The highest BCUT2D eigenvalue weighted by Crippen LogP contribution is 2.36. The molecule has 0 aromatic rings. The summed E-state index contributed by atoms with van der Waals surface area (Å²) in [5, 5.41) is 3.35. The summed E-state index contributed by atoms with van der Waals surface area (Å²) in [6.07, 6.45) is 3.85. The molecule has 1 unspecified atom stereocenters. The van der Waals surface area contributed by atoms with Crippen LogP contribution in [0.3, 0.4) is 0 Å². The quantitative estimate of drug-likeness (QED) is 0.758. The van der Waals surface area contributed by atoms with Crippen molar-refractivity contribution in [3.05, 3.63) is 0 Å². The van der Waals surface area contributed by atoms with Crippen molar-refractivity contribution in [2.75, 3.05) is 26.8 Å². The number of nitrogens with one attached hydrogen (secondary N) is 1. The Labute approximate surface area is 94.8 Å². The molecule has 15 heavy (non-hydrogen) atoms. The van der Waals surface area contributed by atoms with E-state index >= 15 is 0 Å². The van der Waals surface area contributed by atoms with Gasteiger partial charge in [0.05, 0.1) is 0 Å². The Hall–Kier alpha value is -0.0800. The largest absolute Gasteiger partial charge is 0.381 e. The predicted octanol–water partition coefficient (Wildman–Crippen LogP) is 2.68. The molecule has 0 aliphatic carbocycles. The zero-order chi connectivity index (χ0) is 11.3. The third-order valence-electron chi connectivity index (χ3n) is 4.07. The summed E-state index contributed by atoms with van der Waals surface area (Å²) in [5.74, 6) is 1.62. The van der Waals surface area contributed by atoms with Crippen molar-refractivity contribution >= 4 is 0 Å². The monoisotopic (exact) mass is 213 g/mol. The minimum atomic E-state index is 0.441. The maximum absolute atomic E-state index is 5.42. The van der Waals surface area contributed by atoms with Gasteiger partial charge in [-0.3, -0.25) is 0 Å². The van der Waals surface area contributed by atoms with Gasteiger partial charge >= 0.3 is 0 Å². The molecule has 1 heterocycles. The van der Waals surface area contributed by atoms with Crippen molar-refractivity contribution in [3.63, 3.8) is 0 Å². The van der Waals surface area contributed by atoms with E-state index in [1.54, 1.807) is 0 Å². The highest BCUT2D eigenvalue weighted by molar-refractivity contribution is 4.83. The van der Waals surface area contributed by atoms with Gasteiger partial charge in [-0.25, -0.2) is 0 Å².